The second kappa shape index (κ2) is 10.1. The highest BCUT2D eigenvalue weighted by Gasteiger charge is 2.22. The van der Waals surface area contributed by atoms with Gasteiger partial charge in [0.15, 0.2) is 28.1 Å². The first-order chi connectivity index (χ1) is 16.8. The van der Waals surface area contributed by atoms with Crippen LogP contribution >= 0.6 is 22.9 Å². The molecule has 9 nitrogen and oxygen atoms in total. The molecule has 2 aromatic carbocycles. The van der Waals surface area contributed by atoms with E-state index in [0.717, 1.165) is 17.4 Å². The maximum absolute atomic E-state index is 13.4. The maximum atomic E-state index is 13.4. The van der Waals surface area contributed by atoms with Gasteiger partial charge in [-0.05, 0) is 18.2 Å². The fraction of sp³-hybridized carbons (Fsp3) is 0.130. The molecule has 1 amide bonds. The van der Waals surface area contributed by atoms with Crippen LogP contribution in [0.5, 0.6) is 28.7 Å². The minimum atomic E-state index is -0.652. The van der Waals surface area contributed by atoms with Crippen molar-refractivity contribution in [2.75, 3.05) is 19.5 Å². The molecule has 0 saturated carbocycles. The van der Waals surface area contributed by atoms with Gasteiger partial charge in [-0.1, -0.05) is 22.9 Å². The van der Waals surface area contributed by atoms with E-state index in [-0.39, 0.29) is 33.1 Å². The van der Waals surface area contributed by atoms with E-state index in [1.54, 1.807) is 12.1 Å². The van der Waals surface area contributed by atoms with E-state index in [2.05, 4.69) is 15.3 Å². The first kappa shape index (κ1) is 24.2. The van der Waals surface area contributed by atoms with Crippen LogP contribution in [-0.4, -0.2) is 36.1 Å². The van der Waals surface area contributed by atoms with Crippen molar-refractivity contribution in [3.8, 4) is 28.7 Å². The molecule has 0 aliphatic heterocycles. The summed E-state index contributed by atoms with van der Waals surface area (Å²) in [6, 6.07) is 8.52. The van der Waals surface area contributed by atoms with Gasteiger partial charge in [0.1, 0.15) is 11.6 Å². The van der Waals surface area contributed by atoms with Crippen molar-refractivity contribution >= 4 is 50.2 Å². The summed E-state index contributed by atoms with van der Waals surface area (Å²) in [5, 5.41) is 3.00. The van der Waals surface area contributed by atoms with Crippen molar-refractivity contribution in [1.82, 2.24) is 9.97 Å². The summed E-state index contributed by atoms with van der Waals surface area (Å²) in [4.78, 5) is 32.8. The Balaban J connectivity index is 1.64. The smallest absolute Gasteiger partial charge is 0.308 e. The number of carbonyl (C=O) groups excluding carboxylic acids is 2. The van der Waals surface area contributed by atoms with Crippen LogP contribution in [-0.2, 0) is 4.79 Å². The fourth-order valence-electron chi connectivity index (χ4n) is 3.06. The molecule has 4 aromatic rings. The largest absolute Gasteiger partial charge is 0.493 e. The number of halogens is 2. The molecule has 2 heterocycles. The van der Waals surface area contributed by atoms with Crippen molar-refractivity contribution in [2.45, 2.75) is 6.92 Å². The van der Waals surface area contributed by atoms with Crippen LogP contribution in [0.15, 0.2) is 42.6 Å². The number of amides is 1. The second-order valence-electron chi connectivity index (χ2n) is 6.91. The minimum absolute atomic E-state index is 0.0961. The van der Waals surface area contributed by atoms with Crippen LogP contribution in [0, 0.1) is 5.82 Å². The third-order valence-electron chi connectivity index (χ3n) is 4.56. The standard InChI is InChI=1S/C23H17ClFN3O6S/c1-11(29)33-21-16(31-2)6-7-26-20(21)22(30)28-23-27-14-9-17(32-3)18(10-19(14)35-23)34-15-5-4-12(25)8-13(15)24/h4-10H,1-3H3,(H,27,28,30). The van der Waals surface area contributed by atoms with Gasteiger partial charge in [-0.25, -0.2) is 14.4 Å². The molecule has 0 spiro atoms. The molecule has 0 radical (unpaired) electrons. The summed E-state index contributed by atoms with van der Waals surface area (Å²) in [6.07, 6.45) is 1.36. The summed E-state index contributed by atoms with van der Waals surface area (Å²) in [5.41, 5.74) is 0.380. The average molecular weight is 518 g/mol. The third kappa shape index (κ3) is 5.26. The molecule has 0 atom stereocenters. The number of aromatic nitrogens is 2. The lowest BCUT2D eigenvalue weighted by Gasteiger charge is -2.11. The summed E-state index contributed by atoms with van der Waals surface area (Å²) in [7, 11) is 2.84. The number of nitrogens with one attached hydrogen (secondary N) is 1. The molecule has 0 fully saturated rings. The molecule has 1 N–H and O–H groups in total. The lowest BCUT2D eigenvalue weighted by Crippen LogP contribution is -2.17. The Hall–Kier alpha value is -3.96. The summed E-state index contributed by atoms with van der Waals surface area (Å²) in [6.45, 7) is 1.20. The average Bonchev–Trinajstić information content (AvgIpc) is 3.20. The molecule has 2 aromatic heterocycles. The first-order valence-corrected chi connectivity index (χ1v) is 11.1. The molecule has 12 heteroatoms. The van der Waals surface area contributed by atoms with E-state index in [1.165, 1.54) is 45.5 Å². The van der Waals surface area contributed by atoms with Crippen LogP contribution in [0.25, 0.3) is 10.2 Å². The number of nitrogens with zero attached hydrogens (tertiary/aromatic N) is 2. The molecule has 0 bridgehead atoms. The quantitative estimate of drug-likeness (QED) is 0.321. The molecule has 0 aliphatic rings. The number of fused-ring (bicyclic) bond motifs is 1. The molecular weight excluding hydrogens is 501 g/mol. The lowest BCUT2D eigenvalue weighted by molar-refractivity contribution is -0.132. The number of anilines is 1. The van der Waals surface area contributed by atoms with E-state index in [1.807, 2.05) is 0 Å². The molecule has 0 aliphatic carbocycles. The number of benzene rings is 2. The molecular formula is C23H17ClFN3O6S. The van der Waals surface area contributed by atoms with E-state index in [9.17, 15) is 14.0 Å². The zero-order valence-electron chi connectivity index (χ0n) is 18.5. The number of hydrogen-bond acceptors (Lipinski definition) is 9. The van der Waals surface area contributed by atoms with E-state index in [0.29, 0.717) is 21.7 Å². The summed E-state index contributed by atoms with van der Waals surface area (Å²) >= 11 is 7.23. The number of ether oxygens (including phenoxy) is 4. The minimum Gasteiger partial charge on any atom is -0.493 e. The van der Waals surface area contributed by atoms with Crippen molar-refractivity contribution in [2.24, 2.45) is 0 Å². The van der Waals surface area contributed by atoms with E-state index in [4.69, 9.17) is 30.5 Å². The Labute approximate surface area is 207 Å². The normalized spacial score (nSPS) is 10.7. The van der Waals surface area contributed by atoms with Crippen LogP contribution in [0.3, 0.4) is 0 Å². The van der Waals surface area contributed by atoms with Crippen LogP contribution in [0.1, 0.15) is 17.4 Å². The SMILES string of the molecule is COc1cc2nc(NC(=O)c3nccc(OC)c3OC(C)=O)sc2cc1Oc1ccc(F)cc1Cl. The van der Waals surface area contributed by atoms with Gasteiger partial charge in [0.05, 0.1) is 29.5 Å². The second-order valence-corrected chi connectivity index (χ2v) is 8.34. The number of carbonyl (C=O) groups is 2. The molecule has 0 unspecified atom stereocenters. The Bertz CT molecular complexity index is 1440. The highest BCUT2D eigenvalue weighted by molar-refractivity contribution is 7.22. The number of hydrogen-bond donors (Lipinski definition) is 1. The summed E-state index contributed by atoms with van der Waals surface area (Å²) in [5.74, 6) is -0.785. The first-order valence-electron chi connectivity index (χ1n) is 9.93. The predicted octanol–water partition coefficient (Wildman–Crippen LogP) is 5.47. The summed E-state index contributed by atoms with van der Waals surface area (Å²) < 4.78 is 35.5. The molecule has 0 saturated heterocycles. The van der Waals surface area contributed by atoms with Gasteiger partial charge in [-0.15, -0.1) is 0 Å². The van der Waals surface area contributed by atoms with Crippen LogP contribution in [0.4, 0.5) is 9.52 Å². The van der Waals surface area contributed by atoms with Crippen LogP contribution < -0.4 is 24.3 Å². The number of thiazole rings is 1. The third-order valence-corrected chi connectivity index (χ3v) is 5.79. The molecule has 35 heavy (non-hydrogen) atoms. The predicted molar refractivity (Wildman–Crippen MR) is 128 cm³/mol. The number of esters is 1. The van der Waals surface area contributed by atoms with Gasteiger partial charge < -0.3 is 18.9 Å². The monoisotopic (exact) mass is 517 g/mol. The molecule has 180 valence electrons. The fourth-order valence-corrected chi connectivity index (χ4v) is 4.13. The van der Waals surface area contributed by atoms with Crippen molar-refractivity contribution in [1.29, 1.82) is 0 Å². The van der Waals surface area contributed by atoms with Crippen molar-refractivity contribution in [3.63, 3.8) is 0 Å². The number of rotatable bonds is 7. The highest BCUT2D eigenvalue weighted by atomic mass is 35.5. The Kier molecular flexibility index (Phi) is 6.99. The Morgan fingerprint density at radius 1 is 1.03 bits per heavy atom. The maximum Gasteiger partial charge on any atom is 0.308 e. The zero-order chi connectivity index (χ0) is 25.1. The van der Waals surface area contributed by atoms with E-state index < -0.39 is 17.7 Å². The number of pyridine rings is 1. The van der Waals surface area contributed by atoms with Gasteiger partial charge in [0.25, 0.3) is 5.91 Å². The van der Waals surface area contributed by atoms with Gasteiger partial charge >= 0.3 is 5.97 Å². The number of methoxy groups -OCH3 is 2. The molecule has 4 rings (SSSR count). The van der Waals surface area contributed by atoms with Crippen molar-refractivity contribution in [3.05, 3.63) is 59.1 Å². The Morgan fingerprint density at radius 3 is 2.49 bits per heavy atom. The van der Waals surface area contributed by atoms with E-state index >= 15 is 0 Å². The van der Waals surface area contributed by atoms with Gasteiger partial charge in [0, 0.05) is 31.3 Å². The lowest BCUT2D eigenvalue weighted by atomic mass is 10.3. The van der Waals surface area contributed by atoms with Crippen LogP contribution in [0.2, 0.25) is 5.02 Å². The van der Waals surface area contributed by atoms with Gasteiger partial charge in [-0.3, -0.25) is 14.9 Å². The van der Waals surface area contributed by atoms with Crippen molar-refractivity contribution < 1.29 is 32.9 Å². The zero-order valence-corrected chi connectivity index (χ0v) is 20.1. The van der Waals surface area contributed by atoms with Gasteiger partial charge in [-0.2, -0.15) is 0 Å². The highest BCUT2D eigenvalue weighted by Crippen LogP contribution is 2.40. The van der Waals surface area contributed by atoms with Gasteiger partial charge in [0.2, 0.25) is 5.75 Å². The topological polar surface area (TPSA) is 109 Å². The Morgan fingerprint density at radius 2 is 1.80 bits per heavy atom.